The van der Waals surface area contributed by atoms with E-state index in [4.69, 9.17) is 4.74 Å². The van der Waals surface area contributed by atoms with Crippen molar-refractivity contribution in [1.82, 2.24) is 9.73 Å². The Labute approximate surface area is 185 Å². The van der Waals surface area contributed by atoms with Crippen molar-refractivity contribution in [3.63, 3.8) is 0 Å². The third-order valence-electron chi connectivity index (χ3n) is 4.87. The monoisotopic (exact) mass is 493 g/mol. The largest absolute Gasteiger partial charge is 0.493 e. The van der Waals surface area contributed by atoms with Crippen molar-refractivity contribution in [1.29, 1.82) is 0 Å². The summed E-state index contributed by atoms with van der Waals surface area (Å²) < 4.78 is 33.3. The molecule has 0 spiro atoms. The fourth-order valence-corrected chi connectivity index (χ4v) is 4.98. The third kappa shape index (κ3) is 5.47. The number of ether oxygens (including phenoxy) is 1. The molecular formula is C21H24BrN3O4S. The molecule has 0 bridgehead atoms. The maximum atomic E-state index is 12.8. The van der Waals surface area contributed by atoms with Gasteiger partial charge in [0.25, 0.3) is 0 Å². The molecule has 160 valence electrons. The van der Waals surface area contributed by atoms with Crippen LogP contribution in [0.3, 0.4) is 0 Å². The predicted molar refractivity (Wildman–Crippen MR) is 119 cm³/mol. The van der Waals surface area contributed by atoms with Crippen LogP contribution in [0.2, 0.25) is 0 Å². The minimum Gasteiger partial charge on any atom is -0.493 e. The van der Waals surface area contributed by atoms with Gasteiger partial charge in [0.05, 0.1) is 17.7 Å². The number of hydrazone groups is 1. The molecule has 7 nitrogen and oxygen atoms in total. The summed E-state index contributed by atoms with van der Waals surface area (Å²) in [5, 5.41) is 4.04. The summed E-state index contributed by atoms with van der Waals surface area (Å²) >= 11 is 3.31. The van der Waals surface area contributed by atoms with E-state index in [2.05, 4.69) is 26.5 Å². The van der Waals surface area contributed by atoms with Crippen LogP contribution in [0, 0.1) is 5.92 Å². The second kappa shape index (κ2) is 10.2. The standard InChI is InChI=1S/C21H24BrN3O4S/c1-2-29-20-6-4-3-5-17(20)15-23-24-21(26)16-11-13-25(14-12-16)30(27,28)19-9-7-18(22)8-10-19/h3-10,15-16H,2,11-14H2,1H3,(H,24,26)/b23-15-. The average molecular weight is 494 g/mol. The van der Waals surface area contributed by atoms with Crippen molar-refractivity contribution in [3.8, 4) is 5.75 Å². The number of nitrogens with zero attached hydrogens (tertiary/aromatic N) is 2. The van der Waals surface area contributed by atoms with Crippen LogP contribution in [0.15, 0.2) is 63.0 Å². The SMILES string of the molecule is CCOc1ccccc1/C=N\NC(=O)C1CCN(S(=O)(=O)c2ccc(Br)cc2)CC1. The lowest BCUT2D eigenvalue weighted by molar-refractivity contribution is -0.126. The summed E-state index contributed by atoms with van der Waals surface area (Å²) in [4.78, 5) is 12.7. The molecule has 1 aliphatic heterocycles. The van der Waals surface area contributed by atoms with Crippen LogP contribution >= 0.6 is 15.9 Å². The van der Waals surface area contributed by atoms with Crippen LogP contribution in [0.1, 0.15) is 25.3 Å². The van der Waals surface area contributed by atoms with Crippen LogP contribution in [0.5, 0.6) is 5.75 Å². The molecule has 2 aromatic rings. The van der Waals surface area contributed by atoms with Gasteiger partial charge in [-0.25, -0.2) is 13.8 Å². The first-order valence-corrected chi connectivity index (χ1v) is 12.0. The Bertz CT molecular complexity index is 1000. The van der Waals surface area contributed by atoms with E-state index in [-0.39, 0.29) is 16.7 Å². The van der Waals surface area contributed by atoms with Crippen LogP contribution < -0.4 is 10.2 Å². The van der Waals surface area contributed by atoms with Crippen LogP contribution in [-0.4, -0.2) is 44.5 Å². The first-order valence-electron chi connectivity index (χ1n) is 9.72. The molecular weight excluding hydrogens is 470 g/mol. The van der Waals surface area contributed by atoms with Gasteiger partial charge in [-0.1, -0.05) is 28.1 Å². The quantitative estimate of drug-likeness (QED) is 0.472. The van der Waals surface area contributed by atoms with Crippen molar-refractivity contribution in [2.45, 2.75) is 24.7 Å². The van der Waals surface area contributed by atoms with Crippen LogP contribution in [0.4, 0.5) is 0 Å². The molecule has 0 radical (unpaired) electrons. The number of sulfonamides is 1. The Morgan fingerprint density at radius 1 is 1.20 bits per heavy atom. The van der Waals surface area contributed by atoms with E-state index in [1.807, 2.05) is 31.2 Å². The lowest BCUT2D eigenvalue weighted by Gasteiger charge is -2.30. The van der Waals surface area contributed by atoms with E-state index in [1.165, 1.54) is 4.31 Å². The summed E-state index contributed by atoms with van der Waals surface area (Å²) in [5.74, 6) is 0.214. The number of rotatable bonds is 7. The lowest BCUT2D eigenvalue weighted by Crippen LogP contribution is -2.42. The van der Waals surface area contributed by atoms with Crippen LogP contribution in [0.25, 0.3) is 0 Å². The highest BCUT2D eigenvalue weighted by atomic mass is 79.9. The van der Waals surface area contributed by atoms with E-state index in [0.29, 0.717) is 38.3 Å². The number of carbonyl (C=O) groups excluding carboxylic acids is 1. The molecule has 0 aromatic heterocycles. The number of hydrogen-bond acceptors (Lipinski definition) is 5. The number of hydrogen-bond donors (Lipinski definition) is 1. The molecule has 1 aliphatic rings. The normalized spacial score (nSPS) is 15.9. The van der Waals surface area contributed by atoms with E-state index in [9.17, 15) is 13.2 Å². The van der Waals surface area contributed by atoms with Gasteiger partial charge in [-0.15, -0.1) is 0 Å². The molecule has 0 aliphatic carbocycles. The zero-order valence-electron chi connectivity index (χ0n) is 16.6. The molecule has 1 fully saturated rings. The van der Waals surface area contributed by atoms with Gasteiger partial charge in [-0.2, -0.15) is 9.41 Å². The maximum absolute atomic E-state index is 12.8. The number of amides is 1. The molecule has 0 unspecified atom stereocenters. The summed E-state index contributed by atoms with van der Waals surface area (Å²) in [5.41, 5.74) is 3.34. The zero-order chi connectivity index (χ0) is 21.6. The fourth-order valence-electron chi connectivity index (χ4n) is 3.24. The smallest absolute Gasteiger partial charge is 0.243 e. The number of piperidine rings is 1. The summed E-state index contributed by atoms with van der Waals surface area (Å²) in [6.45, 7) is 3.04. The lowest BCUT2D eigenvalue weighted by atomic mass is 9.98. The van der Waals surface area contributed by atoms with E-state index in [0.717, 1.165) is 10.0 Å². The van der Waals surface area contributed by atoms with Gasteiger partial charge in [-0.3, -0.25) is 4.79 Å². The van der Waals surface area contributed by atoms with Crippen molar-refractivity contribution in [2.75, 3.05) is 19.7 Å². The van der Waals surface area contributed by atoms with Gasteiger partial charge in [0, 0.05) is 29.0 Å². The van der Waals surface area contributed by atoms with Crippen LogP contribution in [-0.2, 0) is 14.8 Å². The van der Waals surface area contributed by atoms with Crippen molar-refractivity contribution >= 4 is 38.1 Å². The first-order chi connectivity index (χ1) is 14.4. The fraction of sp³-hybridized carbons (Fsp3) is 0.333. The molecule has 30 heavy (non-hydrogen) atoms. The van der Waals surface area contributed by atoms with Gasteiger partial charge in [-0.05, 0) is 56.2 Å². The summed E-state index contributed by atoms with van der Waals surface area (Å²) in [7, 11) is -3.55. The van der Waals surface area contributed by atoms with Gasteiger partial charge in [0.15, 0.2) is 0 Å². The Morgan fingerprint density at radius 2 is 1.87 bits per heavy atom. The molecule has 9 heteroatoms. The summed E-state index contributed by atoms with van der Waals surface area (Å²) in [6.07, 6.45) is 2.45. The molecule has 0 saturated carbocycles. The highest BCUT2D eigenvalue weighted by Crippen LogP contribution is 2.25. The van der Waals surface area contributed by atoms with Crippen molar-refractivity contribution < 1.29 is 17.9 Å². The van der Waals surface area contributed by atoms with Gasteiger partial charge in [0.1, 0.15) is 5.75 Å². The summed E-state index contributed by atoms with van der Waals surface area (Å²) in [6, 6.07) is 14.0. The number of para-hydroxylation sites is 1. The van der Waals surface area contributed by atoms with E-state index < -0.39 is 10.0 Å². The number of nitrogens with one attached hydrogen (secondary N) is 1. The predicted octanol–water partition coefficient (Wildman–Crippen LogP) is 3.40. The Morgan fingerprint density at radius 3 is 2.53 bits per heavy atom. The highest BCUT2D eigenvalue weighted by molar-refractivity contribution is 9.10. The molecule has 3 rings (SSSR count). The van der Waals surface area contributed by atoms with Gasteiger partial charge < -0.3 is 4.74 Å². The minimum absolute atomic E-state index is 0.208. The second-order valence-corrected chi connectivity index (χ2v) is 9.69. The van der Waals surface area contributed by atoms with Crippen molar-refractivity contribution in [2.24, 2.45) is 11.0 Å². The van der Waals surface area contributed by atoms with Gasteiger partial charge >= 0.3 is 0 Å². The van der Waals surface area contributed by atoms with E-state index >= 15 is 0 Å². The van der Waals surface area contributed by atoms with E-state index in [1.54, 1.807) is 30.5 Å². The molecule has 2 aromatic carbocycles. The zero-order valence-corrected chi connectivity index (χ0v) is 19.0. The van der Waals surface area contributed by atoms with Crippen molar-refractivity contribution in [3.05, 3.63) is 58.6 Å². The maximum Gasteiger partial charge on any atom is 0.243 e. The number of carbonyl (C=O) groups is 1. The topological polar surface area (TPSA) is 88.1 Å². The first kappa shape index (κ1) is 22.5. The Balaban J connectivity index is 1.55. The third-order valence-corrected chi connectivity index (χ3v) is 7.31. The number of halogens is 1. The average Bonchev–Trinajstić information content (AvgIpc) is 2.75. The highest BCUT2D eigenvalue weighted by Gasteiger charge is 2.32. The number of benzene rings is 2. The van der Waals surface area contributed by atoms with Gasteiger partial charge in [0.2, 0.25) is 15.9 Å². The molecule has 1 N–H and O–H groups in total. The molecule has 1 saturated heterocycles. The Kier molecular flexibility index (Phi) is 7.63. The molecule has 0 atom stereocenters. The second-order valence-electron chi connectivity index (χ2n) is 6.84. The minimum atomic E-state index is -3.55. The molecule has 1 amide bonds. The molecule has 1 heterocycles. The Hall–Kier alpha value is -2.23.